The molecule has 0 unspecified atom stereocenters. The summed E-state index contributed by atoms with van der Waals surface area (Å²) in [4.78, 5) is 2.34. The molecule has 7 rings (SSSR count). The molecule has 1 heterocycles. The molecule has 0 N–H and O–H groups in total. The zero-order chi connectivity index (χ0) is 32.8. The molecule has 234 valence electrons. The molecule has 0 aliphatic carbocycles. The van der Waals surface area contributed by atoms with Crippen LogP contribution in [0.15, 0.2) is 152 Å². The summed E-state index contributed by atoms with van der Waals surface area (Å²) in [5.74, 6) is 0.450. The van der Waals surface area contributed by atoms with E-state index in [0.717, 1.165) is 22.7 Å². The highest BCUT2D eigenvalue weighted by molar-refractivity contribution is 6.11. The number of anilines is 3. The molecule has 47 heavy (non-hydrogen) atoms. The topological polar surface area (TPSA) is 8.17 Å². The fraction of sp³-hybridized carbons (Fsp3) is 0.200. The Bertz CT molecular complexity index is 2070. The molecule has 0 saturated heterocycles. The normalized spacial score (nSPS) is 12.2. The molecule has 7 aromatic rings. The zero-order valence-corrected chi connectivity index (χ0v) is 28.4. The van der Waals surface area contributed by atoms with E-state index >= 15 is 0 Å². The van der Waals surface area contributed by atoms with Crippen molar-refractivity contribution in [1.29, 1.82) is 0 Å². The largest absolute Gasteiger partial charge is 0.310 e. The Morgan fingerprint density at radius 2 is 0.915 bits per heavy atom. The number of para-hydroxylation sites is 3. The Morgan fingerprint density at radius 1 is 0.447 bits per heavy atom. The van der Waals surface area contributed by atoms with Gasteiger partial charge in [-0.2, -0.15) is 0 Å². The van der Waals surface area contributed by atoms with Crippen LogP contribution < -0.4 is 4.90 Å². The van der Waals surface area contributed by atoms with Crippen molar-refractivity contribution >= 4 is 38.9 Å². The van der Waals surface area contributed by atoms with Crippen molar-refractivity contribution in [3.8, 4) is 16.8 Å². The molecule has 0 aliphatic rings. The van der Waals surface area contributed by atoms with E-state index in [2.05, 4.69) is 203 Å². The zero-order valence-electron chi connectivity index (χ0n) is 28.4. The van der Waals surface area contributed by atoms with E-state index in [4.69, 9.17) is 0 Å². The van der Waals surface area contributed by atoms with Crippen LogP contribution in [0.4, 0.5) is 17.1 Å². The molecule has 0 saturated carbocycles. The van der Waals surface area contributed by atoms with Gasteiger partial charge in [-0.3, -0.25) is 0 Å². The first-order valence-electron chi connectivity index (χ1n) is 16.7. The predicted octanol–water partition coefficient (Wildman–Crippen LogP) is 13.1. The first-order chi connectivity index (χ1) is 22.6. The molecule has 0 atom stereocenters. The summed E-state index contributed by atoms with van der Waals surface area (Å²) in [6.07, 6.45) is 0. The number of hydrogen-bond acceptors (Lipinski definition) is 1. The highest BCUT2D eigenvalue weighted by Crippen LogP contribution is 2.48. The lowest BCUT2D eigenvalue weighted by molar-refractivity contribution is 0.176. The molecular weight excluding hydrogens is 569 g/mol. The fourth-order valence-electron chi connectivity index (χ4n) is 7.95. The molecule has 0 aliphatic heterocycles. The average Bonchev–Trinajstić information content (AvgIpc) is 3.38. The molecule has 0 radical (unpaired) electrons. The summed E-state index contributed by atoms with van der Waals surface area (Å²) in [6, 6.07) is 55.2. The summed E-state index contributed by atoms with van der Waals surface area (Å²) in [5, 5.41) is 2.48. The van der Waals surface area contributed by atoms with Crippen molar-refractivity contribution in [2.45, 2.75) is 47.5 Å². The third-order valence-corrected chi connectivity index (χ3v) is 9.36. The maximum atomic E-state index is 2.40. The van der Waals surface area contributed by atoms with Crippen molar-refractivity contribution in [3.63, 3.8) is 0 Å². The van der Waals surface area contributed by atoms with Crippen LogP contribution in [0.1, 0.15) is 53.0 Å². The van der Waals surface area contributed by atoms with Crippen LogP contribution >= 0.6 is 0 Å². The predicted molar refractivity (Wildman–Crippen MR) is 203 cm³/mol. The first-order valence-corrected chi connectivity index (χ1v) is 16.7. The summed E-state index contributed by atoms with van der Waals surface area (Å²) in [5.41, 5.74) is 11.2. The lowest BCUT2D eigenvalue weighted by Crippen LogP contribution is -2.30. The second-order valence-electron chi connectivity index (χ2n) is 14.9. The first kappa shape index (κ1) is 30.6. The van der Waals surface area contributed by atoms with Gasteiger partial charge in [0, 0.05) is 33.5 Å². The van der Waals surface area contributed by atoms with Crippen molar-refractivity contribution in [1.82, 2.24) is 4.57 Å². The number of nitrogens with zero attached hydrogens (tertiary/aromatic N) is 2. The minimum Gasteiger partial charge on any atom is -0.310 e. The second kappa shape index (κ2) is 11.9. The van der Waals surface area contributed by atoms with Gasteiger partial charge in [0.05, 0.1) is 11.0 Å². The Labute approximate surface area is 279 Å². The number of aromatic nitrogens is 1. The van der Waals surface area contributed by atoms with Gasteiger partial charge < -0.3 is 9.47 Å². The van der Waals surface area contributed by atoms with Gasteiger partial charge >= 0.3 is 0 Å². The van der Waals surface area contributed by atoms with Crippen molar-refractivity contribution in [2.24, 2.45) is 10.8 Å². The summed E-state index contributed by atoms with van der Waals surface area (Å²) in [6.45, 7) is 14.2. The summed E-state index contributed by atoms with van der Waals surface area (Å²) >= 11 is 0. The molecular formula is C45H44N2. The third kappa shape index (κ3) is 5.85. The highest BCUT2D eigenvalue weighted by Gasteiger charge is 2.36. The molecule has 0 bridgehead atoms. The van der Waals surface area contributed by atoms with E-state index in [1.165, 1.54) is 38.5 Å². The average molecular weight is 613 g/mol. The summed E-state index contributed by atoms with van der Waals surface area (Å²) < 4.78 is 2.40. The Morgan fingerprint density at radius 3 is 1.45 bits per heavy atom. The van der Waals surface area contributed by atoms with Crippen LogP contribution in [0.3, 0.4) is 0 Å². The summed E-state index contributed by atoms with van der Waals surface area (Å²) in [7, 11) is 0. The monoisotopic (exact) mass is 612 g/mol. The quantitative estimate of drug-likeness (QED) is 0.181. The van der Waals surface area contributed by atoms with Crippen molar-refractivity contribution in [2.75, 3.05) is 4.90 Å². The molecule has 0 fully saturated rings. The SMILES string of the molecule is CC(C)(C)C(c1ccc(-c2ccc3c(c2)c2cc(N(c4ccccc4)c4ccccc4)ccc2n3-c2ccccc2)cc1)C(C)(C)C. The van der Waals surface area contributed by atoms with Gasteiger partial charge in [0.2, 0.25) is 0 Å². The van der Waals surface area contributed by atoms with Gasteiger partial charge in [0.1, 0.15) is 0 Å². The van der Waals surface area contributed by atoms with Gasteiger partial charge in [0.25, 0.3) is 0 Å². The fourth-order valence-corrected chi connectivity index (χ4v) is 7.95. The molecule has 2 nitrogen and oxygen atoms in total. The molecule has 0 amide bonds. The van der Waals surface area contributed by atoms with Gasteiger partial charge in [-0.05, 0) is 100 Å². The van der Waals surface area contributed by atoms with Crippen LogP contribution in [-0.2, 0) is 0 Å². The van der Waals surface area contributed by atoms with Crippen LogP contribution in [0.5, 0.6) is 0 Å². The number of fused-ring (bicyclic) bond motifs is 3. The van der Waals surface area contributed by atoms with E-state index in [9.17, 15) is 0 Å². The van der Waals surface area contributed by atoms with E-state index in [1.807, 2.05) is 0 Å². The Kier molecular flexibility index (Phi) is 7.76. The minimum atomic E-state index is 0.170. The number of benzene rings is 6. The number of hydrogen-bond donors (Lipinski definition) is 0. The van der Waals surface area contributed by atoms with E-state index in [1.54, 1.807) is 0 Å². The van der Waals surface area contributed by atoms with Crippen LogP contribution in [0, 0.1) is 10.8 Å². The van der Waals surface area contributed by atoms with Gasteiger partial charge in [-0.1, -0.05) is 126 Å². The Balaban J connectivity index is 1.41. The van der Waals surface area contributed by atoms with Gasteiger partial charge in [-0.25, -0.2) is 0 Å². The van der Waals surface area contributed by atoms with Crippen LogP contribution in [0.25, 0.3) is 38.6 Å². The Hall–Kier alpha value is -5.08. The maximum absolute atomic E-state index is 2.40. The van der Waals surface area contributed by atoms with Crippen LogP contribution in [0.2, 0.25) is 0 Å². The van der Waals surface area contributed by atoms with Gasteiger partial charge in [0.15, 0.2) is 0 Å². The standard InChI is InChI=1S/C45H44N2/c1-44(2,3)43(45(4,5)6)33-24-22-32(23-25-33)34-26-28-41-39(30-34)40-31-38(27-29-42(40)47(41)37-20-14-9-15-21-37)46(35-16-10-7-11-17-35)36-18-12-8-13-19-36/h7-31,43H,1-6H3. The molecule has 1 aromatic heterocycles. The van der Waals surface area contributed by atoms with Crippen molar-refractivity contribution < 1.29 is 0 Å². The van der Waals surface area contributed by atoms with E-state index in [0.29, 0.717) is 5.92 Å². The number of rotatable bonds is 6. The molecule has 2 heteroatoms. The highest BCUT2D eigenvalue weighted by atomic mass is 15.1. The smallest absolute Gasteiger partial charge is 0.0542 e. The maximum Gasteiger partial charge on any atom is 0.0542 e. The minimum absolute atomic E-state index is 0.170. The lowest BCUT2D eigenvalue weighted by atomic mass is 9.63. The van der Waals surface area contributed by atoms with Crippen LogP contribution in [-0.4, -0.2) is 4.57 Å². The van der Waals surface area contributed by atoms with Gasteiger partial charge in [-0.15, -0.1) is 0 Å². The third-order valence-electron chi connectivity index (χ3n) is 9.36. The molecule has 6 aromatic carbocycles. The second-order valence-corrected chi connectivity index (χ2v) is 14.9. The lowest BCUT2D eigenvalue weighted by Gasteiger charge is -2.41. The van der Waals surface area contributed by atoms with E-state index in [-0.39, 0.29) is 10.8 Å². The van der Waals surface area contributed by atoms with E-state index < -0.39 is 0 Å². The molecule has 0 spiro atoms. The van der Waals surface area contributed by atoms with Crippen molar-refractivity contribution in [3.05, 3.63) is 157 Å².